The van der Waals surface area contributed by atoms with Gasteiger partial charge in [-0.25, -0.2) is 4.39 Å². The summed E-state index contributed by atoms with van der Waals surface area (Å²) >= 11 is 3.52. The second-order valence-electron chi connectivity index (χ2n) is 5.85. The lowest BCUT2D eigenvalue weighted by Crippen LogP contribution is -2.44. The molecule has 0 saturated carbocycles. The minimum Gasteiger partial charge on any atom is -0.382 e. The van der Waals surface area contributed by atoms with Gasteiger partial charge in [-0.1, -0.05) is 0 Å². The first-order valence-corrected chi connectivity index (χ1v) is 7.85. The molecule has 0 spiro atoms. The fourth-order valence-corrected chi connectivity index (χ4v) is 4.15. The number of anilines is 1. The summed E-state index contributed by atoms with van der Waals surface area (Å²) in [5.41, 5.74) is 1.87. The minimum atomic E-state index is -0.141. The third kappa shape index (κ3) is 2.40. The Labute approximate surface area is 122 Å². The van der Waals surface area contributed by atoms with Crippen LogP contribution in [0.4, 0.5) is 10.1 Å². The zero-order valence-electron chi connectivity index (χ0n) is 11.3. The van der Waals surface area contributed by atoms with E-state index in [0.29, 0.717) is 11.1 Å². The average molecular weight is 327 g/mol. The molecule has 2 fully saturated rings. The third-order valence-electron chi connectivity index (χ3n) is 4.67. The largest absolute Gasteiger partial charge is 0.382 e. The molecule has 19 heavy (non-hydrogen) atoms. The van der Waals surface area contributed by atoms with Gasteiger partial charge in [0.05, 0.1) is 5.69 Å². The van der Waals surface area contributed by atoms with Crippen molar-refractivity contribution in [1.29, 1.82) is 0 Å². The summed E-state index contributed by atoms with van der Waals surface area (Å²) in [4.78, 5) is 2.61. The fraction of sp³-hybridized carbons (Fsp3) is 0.600. The van der Waals surface area contributed by atoms with Crippen LogP contribution in [0, 0.1) is 12.7 Å². The molecule has 1 N–H and O–H groups in total. The summed E-state index contributed by atoms with van der Waals surface area (Å²) in [5, 5.41) is 3.46. The fourth-order valence-electron chi connectivity index (χ4n) is 3.56. The molecule has 2 aliphatic heterocycles. The number of benzene rings is 1. The SMILES string of the molecule is Cc1cc(Br)c(NCC23CCCN2CCC3)cc1F. The van der Waals surface area contributed by atoms with Crippen LogP contribution in [0.25, 0.3) is 0 Å². The number of halogens is 2. The van der Waals surface area contributed by atoms with Gasteiger partial charge in [-0.05, 0) is 79.3 Å². The van der Waals surface area contributed by atoms with Crippen molar-refractivity contribution >= 4 is 21.6 Å². The van der Waals surface area contributed by atoms with Gasteiger partial charge in [-0.3, -0.25) is 4.90 Å². The zero-order chi connectivity index (χ0) is 13.5. The van der Waals surface area contributed by atoms with Gasteiger partial charge < -0.3 is 5.32 Å². The number of aryl methyl sites for hydroxylation is 1. The molecule has 0 unspecified atom stereocenters. The maximum Gasteiger partial charge on any atom is 0.128 e. The summed E-state index contributed by atoms with van der Waals surface area (Å²) < 4.78 is 14.6. The Morgan fingerprint density at radius 1 is 1.32 bits per heavy atom. The molecule has 104 valence electrons. The van der Waals surface area contributed by atoms with E-state index in [0.717, 1.165) is 16.7 Å². The Balaban J connectivity index is 1.74. The Morgan fingerprint density at radius 2 is 2.00 bits per heavy atom. The molecule has 2 nitrogen and oxygen atoms in total. The lowest BCUT2D eigenvalue weighted by molar-refractivity contribution is 0.209. The van der Waals surface area contributed by atoms with E-state index in [9.17, 15) is 4.39 Å². The van der Waals surface area contributed by atoms with Gasteiger partial charge in [0.1, 0.15) is 5.82 Å². The minimum absolute atomic E-state index is 0.141. The van der Waals surface area contributed by atoms with Crippen molar-refractivity contribution in [2.24, 2.45) is 0 Å². The summed E-state index contributed by atoms with van der Waals surface area (Å²) in [6.45, 7) is 5.17. The first-order chi connectivity index (χ1) is 9.11. The number of nitrogens with zero attached hydrogens (tertiary/aromatic N) is 1. The summed E-state index contributed by atoms with van der Waals surface area (Å²) in [6.07, 6.45) is 5.13. The first kappa shape index (κ1) is 13.4. The second-order valence-corrected chi connectivity index (χ2v) is 6.71. The molecular formula is C15H20BrFN2. The average Bonchev–Trinajstić information content (AvgIpc) is 2.91. The Kier molecular flexibility index (Phi) is 3.56. The molecule has 2 aliphatic rings. The van der Waals surface area contributed by atoms with E-state index in [1.165, 1.54) is 38.8 Å². The lowest BCUT2D eigenvalue weighted by atomic mass is 9.94. The van der Waals surface area contributed by atoms with Gasteiger partial charge in [-0.2, -0.15) is 0 Å². The van der Waals surface area contributed by atoms with Crippen molar-refractivity contribution in [1.82, 2.24) is 4.90 Å². The van der Waals surface area contributed by atoms with Crippen molar-refractivity contribution in [3.8, 4) is 0 Å². The molecule has 0 atom stereocenters. The molecular weight excluding hydrogens is 307 g/mol. The van der Waals surface area contributed by atoms with E-state index in [1.807, 2.05) is 6.07 Å². The van der Waals surface area contributed by atoms with Crippen LogP contribution in [0.15, 0.2) is 16.6 Å². The van der Waals surface area contributed by atoms with Gasteiger partial charge in [0.15, 0.2) is 0 Å². The number of rotatable bonds is 3. The first-order valence-electron chi connectivity index (χ1n) is 7.05. The predicted molar refractivity (Wildman–Crippen MR) is 80.1 cm³/mol. The number of nitrogens with one attached hydrogen (secondary N) is 1. The monoisotopic (exact) mass is 326 g/mol. The van der Waals surface area contributed by atoms with Gasteiger partial charge in [0.25, 0.3) is 0 Å². The maximum absolute atomic E-state index is 13.7. The van der Waals surface area contributed by atoms with Crippen molar-refractivity contribution in [3.63, 3.8) is 0 Å². The van der Waals surface area contributed by atoms with Crippen LogP contribution >= 0.6 is 15.9 Å². The molecule has 2 saturated heterocycles. The zero-order valence-corrected chi connectivity index (χ0v) is 12.9. The topological polar surface area (TPSA) is 15.3 Å². The number of fused-ring (bicyclic) bond motifs is 1. The van der Waals surface area contributed by atoms with E-state index in [2.05, 4.69) is 26.1 Å². The molecule has 0 aliphatic carbocycles. The van der Waals surface area contributed by atoms with E-state index in [1.54, 1.807) is 13.0 Å². The van der Waals surface area contributed by atoms with Crippen LogP contribution in [0.2, 0.25) is 0 Å². The van der Waals surface area contributed by atoms with E-state index >= 15 is 0 Å². The predicted octanol–water partition coefficient (Wildman–Crippen LogP) is 3.94. The Bertz CT molecular complexity index is 479. The van der Waals surface area contributed by atoms with Gasteiger partial charge in [-0.15, -0.1) is 0 Å². The van der Waals surface area contributed by atoms with Crippen LogP contribution in [0.5, 0.6) is 0 Å². The highest BCUT2D eigenvalue weighted by Crippen LogP contribution is 2.39. The normalized spacial score (nSPS) is 21.6. The number of hydrogen-bond acceptors (Lipinski definition) is 2. The van der Waals surface area contributed by atoms with Crippen molar-refractivity contribution in [2.45, 2.75) is 38.1 Å². The highest BCUT2D eigenvalue weighted by molar-refractivity contribution is 9.10. The van der Waals surface area contributed by atoms with Gasteiger partial charge in [0, 0.05) is 16.6 Å². The third-order valence-corrected chi connectivity index (χ3v) is 5.32. The molecule has 1 aromatic carbocycles. The highest BCUT2D eigenvalue weighted by atomic mass is 79.9. The lowest BCUT2D eigenvalue weighted by Gasteiger charge is -2.32. The molecule has 2 heterocycles. The summed E-state index contributed by atoms with van der Waals surface area (Å²) in [6, 6.07) is 3.45. The molecule has 0 bridgehead atoms. The van der Waals surface area contributed by atoms with Crippen LogP contribution < -0.4 is 5.32 Å². The van der Waals surface area contributed by atoms with Crippen LogP contribution in [-0.2, 0) is 0 Å². The van der Waals surface area contributed by atoms with Gasteiger partial charge >= 0.3 is 0 Å². The standard InChI is InChI=1S/C15H20BrFN2/c1-11-8-12(16)14(9-13(11)17)18-10-15-4-2-6-19(15)7-3-5-15/h8-9,18H,2-7,10H2,1H3. The van der Waals surface area contributed by atoms with E-state index in [-0.39, 0.29) is 5.82 Å². The van der Waals surface area contributed by atoms with Crippen molar-refractivity contribution in [2.75, 3.05) is 25.0 Å². The van der Waals surface area contributed by atoms with Gasteiger partial charge in [0.2, 0.25) is 0 Å². The van der Waals surface area contributed by atoms with Crippen LogP contribution in [-0.4, -0.2) is 30.1 Å². The van der Waals surface area contributed by atoms with Crippen molar-refractivity contribution in [3.05, 3.63) is 28.0 Å². The quantitative estimate of drug-likeness (QED) is 0.905. The molecule has 3 rings (SSSR count). The Morgan fingerprint density at radius 3 is 2.68 bits per heavy atom. The van der Waals surface area contributed by atoms with E-state index < -0.39 is 0 Å². The van der Waals surface area contributed by atoms with Crippen LogP contribution in [0.3, 0.4) is 0 Å². The molecule has 0 radical (unpaired) electrons. The summed E-state index contributed by atoms with van der Waals surface area (Å²) in [5.74, 6) is -0.141. The highest BCUT2D eigenvalue weighted by Gasteiger charge is 2.43. The Hall–Kier alpha value is -0.610. The summed E-state index contributed by atoms with van der Waals surface area (Å²) in [7, 11) is 0. The molecule has 0 amide bonds. The molecule has 0 aromatic heterocycles. The second kappa shape index (κ2) is 5.06. The van der Waals surface area contributed by atoms with E-state index in [4.69, 9.17) is 0 Å². The number of hydrogen-bond donors (Lipinski definition) is 1. The smallest absolute Gasteiger partial charge is 0.128 e. The molecule has 4 heteroatoms. The van der Waals surface area contributed by atoms with Crippen molar-refractivity contribution < 1.29 is 4.39 Å². The molecule has 1 aromatic rings. The van der Waals surface area contributed by atoms with Crippen LogP contribution in [0.1, 0.15) is 31.2 Å². The maximum atomic E-state index is 13.7.